The zero-order valence-corrected chi connectivity index (χ0v) is 16.2. The molecular weight excluding hydrogens is 394 g/mol. The summed E-state index contributed by atoms with van der Waals surface area (Å²) in [6, 6.07) is 9.50. The van der Waals surface area contributed by atoms with Crippen molar-refractivity contribution in [3.8, 4) is 0 Å². The van der Waals surface area contributed by atoms with Crippen molar-refractivity contribution < 1.29 is 18.1 Å². The summed E-state index contributed by atoms with van der Waals surface area (Å²) in [5, 5.41) is 13.4. The number of rotatable bonds is 7. The first-order chi connectivity index (χ1) is 12.7. The molecule has 0 unspecified atom stereocenters. The minimum Gasteiger partial charge on any atom is -0.322 e. The maximum atomic E-state index is 12.6. The number of anilines is 1. The lowest BCUT2D eigenvalue weighted by atomic mass is 10.2. The van der Waals surface area contributed by atoms with Gasteiger partial charge in [-0.15, -0.1) is 0 Å². The maximum Gasteiger partial charge on any atom is 0.288 e. The van der Waals surface area contributed by atoms with Gasteiger partial charge in [0.05, 0.1) is 9.82 Å². The van der Waals surface area contributed by atoms with Crippen molar-refractivity contribution in [1.82, 2.24) is 4.31 Å². The fourth-order valence-electron chi connectivity index (χ4n) is 2.44. The molecule has 0 saturated heterocycles. The molecule has 10 heteroatoms. The molecule has 0 aliphatic carbocycles. The van der Waals surface area contributed by atoms with E-state index in [4.69, 9.17) is 11.6 Å². The van der Waals surface area contributed by atoms with Crippen LogP contribution in [0, 0.1) is 10.1 Å². The van der Waals surface area contributed by atoms with E-state index < -0.39 is 20.9 Å². The summed E-state index contributed by atoms with van der Waals surface area (Å²) >= 11 is 5.74. The monoisotopic (exact) mass is 411 g/mol. The highest BCUT2D eigenvalue weighted by molar-refractivity contribution is 7.89. The molecule has 0 bridgehead atoms. The second kappa shape index (κ2) is 8.47. The van der Waals surface area contributed by atoms with Gasteiger partial charge in [-0.1, -0.05) is 31.5 Å². The zero-order chi connectivity index (χ0) is 20.2. The Balaban J connectivity index is 2.30. The van der Waals surface area contributed by atoms with Crippen LogP contribution in [0.4, 0.5) is 11.4 Å². The fourth-order valence-corrected chi connectivity index (χ4v) is 4.13. The second-order valence-electron chi connectivity index (χ2n) is 5.49. The topological polar surface area (TPSA) is 110 Å². The quantitative estimate of drug-likeness (QED) is 0.553. The molecule has 1 amide bonds. The molecule has 2 aromatic carbocycles. The van der Waals surface area contributed by atoms with Gasteiger partial charge in [0.15, 0.2) is 0 Å². The lowest BCUT2D eigenvalue weighted by molar-refractivity contribution is -0.384. The largest absolute Gasteiger partial charge is 0.322 e. The van der Waals surface area contributed by atoms with Crippen molar-refractivity contribution in [3.05, 3.63) is 63.2 Å². The number of sulfonamides is 1. The number of carbonyl (C=O) groups is 1. The van der Waals surface area contributed by atoms with E-state index in [9.17, 15) is 23.3 Å². The van der Waals surface area contributed by atoms with E-state index in [-0.39, 0.29) is 26.9 Å². The Morgan fingerprint density at radius 1 is 1.19 bits per heavy atom. The summed E-state index contributed by atoms with van der Waals surface area (Å²) in [6.07, 6.45) is 0. The zero-order valence-electron chi connectivity index (χ0n) is 14.7. The van der Waals surface area contributed by atoms with Crippen LogP contribution in [0.1, 0.15) is 24.2 Å². The Morgan fingerprint density at radius 3 is 2.44 bits per heavy atom. The highest BCUT2D eigenvalue weighted by atomic mass is 35.5. The Bertz CT molecular complexity index is 974. The molecule has 0 heterocycles. The van der Waals surface area contributed by atoms with Crippen LogP contribution in [0.5, 0.6) is 0 Å². The summed E-state index contributed by atoms with van der Waals surface area (Å²) in [7, 11) is -3.67. The predicted molar refractivity (Wildman–Crippen MR) is 103 cm³/mol. The Hall–Kier alpha value is -2.49. The molecule has 144 valence electrons. The van der Waals surface area contributed by atoms with Crippen LogP contribution in [0.3, 0.4) is 0 Å². The van der Waals surface area contributed by atoms with E-state index in [1.807, 2.05) is 0 Å². The minimum absolute atomic E-state index is 0.0307. The third kappa shape index (κ3) is 4.62. The summed E-state index contributed by atoms with van der Waals surface area (Å²) in [5.74, 6) is -0.618. The van der Waals surface area contributed by atoms with Gasteiger partial charge < -0.3 is 5.32 Å². The molecular formula is C17H18ClN3O5S. The van der Waals surface area contributed by atoms with Crippen LogP contribution in [0.15, 0.2) is 47.4 Å². The molecule has 0 spiro atoms. The number of benzene rings is 2. The molecule has 0 aliphatic heterocycles. The van der Waals surface area contributed by atoms with Gasteiger partial charge >= 0.3 is 0 Å². The lowest BCUT2D eigenvalue weighted by Crippen LogP contribution is -2.30. The first-order valence-electron chi connectivity index (χ1n) is 8.06. The number of nitro groups is 1. The SMILES string of the molecule is CCN(CC)S(=O)(=O)c1cccc(NC(=O)c2ccc(Cl)c([N+](=O)[O-])c2)c1. The molecule has 0 aliphatic rings. The van der Waals surface area contributed by atoms with Crippen LogP contribution in [0.2, 0.25) is 5.02 Å². The summed E-state index contributed by atoms with van der Waals surface area (Å²) in [6.45, 7) is 4.12. The van der Waals surface area contributed by atoms with Gasteiger partial charge in [0, 0.05) is 30.4 Å². The van der Waals surface area contributed by atoms with Crippen LogP contribution in [-0.4, -0.2) is 36.6 Å². The van der Waals surface area contributed by atoms with E-state index in [0.717, 1.165) is 6.07 Å². The molecule has 2 rings (SSSR count). The Kier molecular flexibility index (Phi) is 6.53. The maximum absolute atomic E-state index is 12.6. The average molecular weight is 412 g/mol. The van der Waals surface area contributed by atoms with Gasteiger partial charge in [0.1, 0.15) is 5.02 Å². The normalized spacial score (nSPS) is 11.4. The smallest absolute Gasteiger partial charge is 0.288 e. The molecule has 27 heavy (non-hydrogen) atoms. The number of nitrogens with one attached hydrogen (secondary N) is 1. The first kappa shape index (κ1) is 20.8. The minimum atomic E-state index is -3.67. The predicted octanol–water partition coefficient (Wildman–Crippen LogP) is 3.53. The summed E-state index contributed by atoms with van der Waals surface area (Å²) in [4.78, 5) is 22.7. The standard InChI is InChI=1S/C17H18ClN3O5S/c1-3-20(4-2)27(25,26)14-7-5-6-13(11-14)19-17(22)12-8-9-15(18)16(10-12)21(23)24/h5-11H,3-4H2,1-2H3,(H,19,22). The molecule has 1 N–H and O–H groups in total. The third-order valence-corrected chi connectivity index (χ3v) is 6.21. The lowest BCUT2D eigenvalue weighted by Gasteiger charge is -2.18. The van der Waals surface area contributed by atoms with Crippen LogP contribution >= 0.6 is 11.6 Å². The number of hydrogen-bond donors (Lipinski definition) is 1. The fraction of sp³-hybridized carbons (Fsp3) is 0.235. The number of hydrogen-bond acceptors (Lipinski definition) is 5. The highest BCUT2D eigenvalue weighted by Crippen LogP contribution is 2.26. The van der Waals surface area contributed by atoms with Crippen LogP contribution in [-0.2, 0) is 10.0 Å². The van der Waals surface area contributed by atoms with Gasteiger partial charge in [0.2, 0.25) is 10.0 Å². The molecule has 0 atom stereocenters. The average Bonchev–Trinajstić information content (AvgIpc) is 2.62. The number of nitrogens with zero attached hydrogens (tertiary/aromatic N) is 2. The second-order valence-corrected chi connectivity index (χ2v) is 7.84. The van der Waals surface area contributed by atoms with E-state index in [2.05, 4.69) is 5.32 Å². The third-order valence-electron chi connectivity index (χ3n) is 3.84. The first-order valence-corrected chi connectivity index (χ1v) is 9.88. The molecule has 8 nitrogen and oxygen atoms in total. The van der Waals surface area contributed by atoms with Gasteiger partial charge in [-0.3, -0.25) is 14.9 Å². The molecule has 0 aromatic heterocycles. The van der Waals surface area contributed by atoms with Crippen molar-refractivity contribution in [2.75, 3.05) is 18.4 Å². The van der Waals surface area contributed by atoms with Crippen molar-refractivity contribution >= 4 is 38.9 Å². The van der Waals surface area contributed by atoms with E-state index >= 15 is 0 Å². The molecule has 0 fully saturated rings. The van der Waals surface area contributed by atoms with Crippen molar-refractivity contribution in [1.29, 1.82) is 0 Å². The van der Waals surface area contributed by atoms with E-state index in [1.54, 1.807) is 13.8 Å². The van der Waals surface area contributed by atoms with E-state index in [0.29, 0.717) is 13.1 Å². The van der Waals surface area contributed by atoms with Crippen LogP contribution in [0.25, 0.3) is 0 Å². The van der Waals surface area contributed by atoms with E-state index in [1.165, 1.54) is 40.7 Å². The number of amides is 1. The molecule has 0 radical (unpaired) electrons. The van der Waals surface area contributed by atoms with Gasteiger partial charge in [0.25, 0.3) is 11.6 Å². The number of halogens is 1. The van der Waals surface area contributed by atoms with Gasteiger partial charge in [-0.25, -0.2) is 8.42 Å². The number of nitro benzene ring substituents is 1. The summed E-state index contributed by atoms with van der Waals surface area (Å²) in [5.41, 5.74) is -0.101. The highest BCUT2D eigenvalue weighted by Gasteiger charge is 2.22. The molecule has 2 aromatic rings. The Labute approximate surface area is 162 Å². The van der Waals surface area contributed by atoms with Crippen molar-refractivity contribution in [3.63, 3.8) is 0 Å². The molecule has 0 saturated carbocycles. The van der Waals surface area contributed by atoms with Crippen molar-refractivity contribution in [2.45, 2.75) is 18.7 Å². The van der Waals surface area contributed by atoms with Gasteiger partial charge in [-0.2, -0.15) is 4.31 Å². The van der Waals surface area contributed by atoms with Gasteiger partial charge in [-0.05, 0) is 30.3 Å². The number of carbonyl (C=O) groups excluding carboxylic acids is 1. The van der Waals surface area contributed by atoms with Crippen LogP contribution < -0.4 is 5.32 Å². The summed E-state index contributed by atoms with van der Waals surface area (Å²) < 4.78 is 26.5. The Morgan fingerprint density at radius 2 is 1.85 bits per heavy atom. The van der Waals surface area contributed by atoms with Crippen molar-refractivity contribution in [2.24, 2.45) is 0 Å².